The Morgan fingerprint density at radius 3 is 2.34 bits per heavy atom. The zero-order valence-corrected chi connectivity index (χ0v) is 21.8. The predicted octanol–water partition coefficient (Wildman–Crippen LogP) is 4.74. The maximum absolute atomic E-state index is 13.7. The molecule has 1 atom stereocenters. The van der Waals surface area contributed by atoms with E-state index in [0.29, 0.717) is 17.0 Å². The molecule has 35 heavy (non-hydrogen) atoms. The van der Waals surface area contributed by atoms with E-state index in [4.69, 9.17) is 4.74 Å². The van der Waals surface area contributed by atoms with Gasteiger partial charge in [0.1, 0.15) is 17.4 Å². The number of benzene rings is 2. The first kappa shape index (κ1) is 24.4. The zero-order chi connectivity index (χ0) is 25.2. The largest absolute Gasteiger partial charge is 0.497 e. The van der Waals surface area contributed by atoms with E-state index in [-0.39, 0.29) is 18.1 Å². The summed E-state index contributed by atoms with van der Waals surface area (Å²) < 4.78 is 5.28. The van der Waals surface area contributed by atoms with Gasteiger partial charge in [0, 0.05) is 31.2 Å². The molecule has 7 heteroatoms. The Labute approximate surface area is 207 Å². The van der Waals surface area contributed by atoms with Gasteiger partial charge in [-0.3, -0.25) is 9.59 Å². The molecule has 0 spiro atoms. The number of carbonyl (C=O) groups excluding carboxylic acids is 2. The molecule has 0 saturated carbocycles. The van der Waals surface area contributed by atoms with Crippen molar-refractivity contribution in [2.24, 2.45) is 0 Å². The quantitative estimate of drug-likeness (QED) is 0.366. The molecule has 2 heterocycles. The lowest BCUT2D eigenvalue weighted by Crippen LogP contribution is -2.38. The van der Waals surface area contributed by atoms with E-state index < -0.39 is 14.1 Å². The van der Waals surface area contributed by atoms with Gasteiger partial charge in [-0.15, -0.1) is 0 Å². The van der Waals surface area contributed by atoms with Crippen molar-refractivity contribution in [3.63, 3.8) is 0 Å². The Morgan fingerprint density at radius 2 is 1.71 bits per heavy atom. The third kappa shape index (κ3) is 5.35. The second-order valence-electron chi connectivity index (χ2n) is 9.82. The number of ether oxygens (including phenoxy) is 1. The number of hydrogen-bond acceptors (Lipinski definition) is 4. The minimum atomic E-state index is -1.42. The highest BCUT2D eigenvalue weighted by atomic mass is 28.3. The van der Waals surface area contributed by atoms with Gasteiger partial charge in [-0.1, -0.05) is 61.2 Å². The first-order valence-electron chi connectivity index (χ1n) is 11.6. The SMILES string of the molecule is COc1ccc(C(C(=O)Cc2ccc([Si](C)(C)C)cc2)N(C)C(=O)c2cnc3[nH]ccc3c2)cc1. The molecule has 0 saturated heterocycles. The molecule has 2 aromatic heterocycles. The highest BCUT2D eigenvalue weighted by Gasteiger charge is 2.29. The second-order valence-corrected chi connectivity index (χ2v) is 14.9. The monoisotopic (exact) mass is 485 g/mol. The fourth-order valence-corrected chi connectivity index (χ4v) is 5.38. The maximum Gasteiger partial charge on any atom is 0.256 e. The Kier molecular flexibility index (Phi) is 6.89. The number of H-pyrrole nitrogens is 1. The number of amides is 1. The summed E-state index contributed by atoms with van der Waals surface area (Å²) in [6.45, 7) is 6.90. The van der Waals surface area contributed by atoms with Crippen molar-refractivity contribution in [1.29, 1.82) is 0 Å². The number of pyridine rings is 1. The first-order chi connectivity index (χ1) is 16.7. The number of Topliss-reactive ketones (excluding diaryl/α,β-unsaturated/α-hetero) is 1. The van der Waals surface area contributed by atoms with Crippen LogP contribution in [0.2, 0.25) is 19.6 Å². The van der Waals surface area contributed by atoms with Crippen LogP contribution in [0.1, 0.15) is 27.5 Å². The van der Waals surface area contributed by atoms with Crippen LogP contribution in [0.4, 0.5) is 0 Å². The summed E-state index contributed by atoms with van der Waals surface area (Å²) in [5.41, 5.74) is 2.83. The molecular weight excluding hydrogens is 454 g/mol. The third-order valence-electron chi connectivity index (χ3n) is 6.29. The molecule has 1 amide bonds. The highest BCUT2D eigenvalue weighted by molar-refractivity contribution is 6.88. The Bertz CT molecular complexity index is 1340. The van der Waals surface area contributed by atoms with Crippen LogP contribution in [-0.4, -0.2) is 48.8 Å². The van der Waals surface area contributed by atoms with Gasteiger partial charge < -0.3 is 14.6 Å². The van der Waals surface area contributed by atoms with Crippen molar-refractivity contribution in [3.8, 4) is 5.75 Å². The van der Waals surface area contributed by atoms with Gasteiger partial charge in [0.05, 0.1) is 20.7 Å². The van der Waals surface area contributed by atoms with E-state index in [1.807, 2.05) is 42.5 Å². The number of likely N-dealkylation sites (N-methyl/N-ethyl adjacent to an activating group) is 1. The number of methoxy groups -OCH3 is 1. The minimum Gasteiger partial charge on any atom is -0.497 e. The molecule has 2 aromatic carbocycles. The van der Waals surface area contributed by atoms with Gasteiger partial charge >= 0.3 is 0 Å². The number of aromatic amines is 1. The summed E-state index contributed by atoms with van der Waals surface area (Å²) in [5.74, 6) is 0.379. The number of aromatic nitrogens is 2. The number of nitrogens with zero attached hydrogens (tertiary/aromatic N) is 2. The van der Waals surface area contributed by atoms with Crippen LogP contribution >= 0.6 is 0 Å². The topological polar surface area (TPSA) is 75.3 Å². The number of ketones is 1. The summed E-state index contributed by atoms with van der Waals surface area (Å²) in [4.78, 5) is 36.0. The van der Waals surface area contributed by atoms with E-state index in [9.17, 15) is 9.59 Å². The average molecular weight is 486 g/mol. The summed E-state index contributed by atoms with van der Waals surface area (Å²) in [6, 6.07) is 18.5. The smallest absolute Gasteiger partial charge is 0.256 e. The predicted molar refractivity (Wildman–Crippen MR) is 142 cm³/mol. The van der Waals surface area contributed by atoms with Gasteiger partial charge in [0.2, 0.25) is 0 Å². The molecule has 6 nitrogen and oxygen atoms in total. The Morgan fingerprint density at radius 1 is 1.03 bits per heavy atom. The number of hydrogen-bond donors (Lipinski definition) is 1. The lowest BCUT2D eigenvalue weighted by atomic mass is 9.95. The Hall–Kier alpha value is -3.71. The van der Waals surface area contributed by atoms with Crippen LogP contribution in [0.25, 0.3) is 11.0 Å². The summed E-state index contributed by atoms with van der Waals surface area (Å²) >= 11 is 0. The van der Waals surface area contributed by atoms with Crippen LogP contribution in [0, 0.1) is 0 Å². The molecule has 4 aromatic rings. The molecule has 0 aliphatic carbocycles. The van der Waals surface area contributed by atoms with Crippen molar-refractivity contribution < 1.29 is 14.3 Å². The highest BCUT2D eigenvalue weighted by Crippen LogP contribution is 2.27. The number of rotatable bonds is 8. The van der Waals surface area contributed by atoms with Crippen molar-refractivity contribution in [3.05, 3.63) is 89.7 Å². The lowest BCUT2D eigenvalue weighted by molar-refractivity contribution is -0.122. The number of fused-ring (bicyclic) bond motifs is 1. The van der Waals surface area contributed by atoms with E-state index in [1.165, 1.54) is 10.1 Å². The van der Waals surface area contributed by atoms with E-state index in [0.717, 1.165) is 16.5 Å². The fourth-order valence-electron chi connectivity index (χ4n) is 4.21. The maximum atomic E-state index is 13.7. The third-order valence-corrected chi connectivity index (χ3v) is 8.35. The lowest BCUT2D eigenvalue weighted by Gasteiger charge is -2.28. The standard InChI is InChI=1S/C28H31N3O3Si/c1-31(28(33)22-17-21-14-15-29-27(21)30-18-22)26(20-8-10-23(34-2)11-9-20)25(32)16-19-6-12-24(13-7-19)35(3,4)5/h6-15,17-18,26H,16H2,1-5H3,(H,29,30). The number of nitrogens with one attached hydrogen (secondary N) is 1. The first-order valence-corrected chi connectivity index (χ1v) is 15.1. The van der Waals surface area contributed by atoms with E-state index >= 15 is 0 Å². The van der Waals surface area contributed by atoms with Crippen molar-refractivity contribution >= 4 is 36.0 Å². The minimum absolute atomic E-state index is 0.0533. The molecule has 0 fully saturated rings. The summed E-state index contributed by atoms with van der Waals surface area (Å²) in [7, 11) is 1.85. The molecule has 0 radical (unpaired) electrons. The van der Waals surface area contributed by atoms with Crippen molar-refractivity contribution in [2.45, 2.75) is 32.1 Å². The average Bonchev–Trinajstić information content (AvgIpc) is 3.32. The van der Waals surface area contributed by atoms with Gasteiger partial charge in [-0.05, 0) is 35.4 Å². The molecule has 4 rings (SSSR count). The fraction of sp³-hybridized carbons (Fsp3) is 0.250. The zero-order valence-electron chi connectivity index (χ0n) is 20.8. The van der Waals surface area contributed by atoms with Crippen molar-refractivity contribution in [2.75, 3.05) is 14.2 Å². The molecule has 0 aliphatic rings. The van der Waals surface area contributed by atoms with Gasteiger partial charge in [-0.25, -0.2) is 4.98 Å². The second kappa shape index (κ2) is 9.88. The van der Waals surface area contributed by atoms with Crippen LogP contribution in [-0.2, 0) is 11.2 Å². The van der Waals surface area contributed by atoms with Crippen LogP contribution in [0.15, 0.2) is 73.1 Å². The molecule has 180 valence electrons. The van der Waals surface area contributed by atoms with Crippen LogP contribution in [0.5, 0.6) is 5.75 Å². The van der Waals surface area contributed by atoms with Crippen molar-refractivity contribution in [1.82, 2.24) is 14.9 Å². The summed E-state index contributed by atoms with van der Waals surface area (Å²) in [5, 5.41) is 2.19. The van der Waals surface area contributed by atoms with E-state index in [1.54, 1.807) is 32.6 Å². The molecule has 0 bridgehead atoms. The van der Waals surface area contributed by atoms with Crippen LogP contribution < -0.4 is 9.92 Å². The molecule has 1 unspecified atom stereocenters. The van der Waals surface area contributed by atoms with Crippen LogP contribution in [0.3, 0.4) is 0 Å². The normalized spacial score (nSPS) is 12.4. The molecule has 0 aliphatic heterocycles. The van der Waals surface area contributed by atoms with Gasteiger partial charge in [0.25, 0.3) is 5.91 Å². The summed E-state index contributed by atoms with van der Waals surface area (Å²) in [6.07, 6.45) is 3.56. The van der Waals surface area contributed by atoms with E-state index in [2.05, 4.69) is 41.7 Å². The van der Waals surface area contributed by atoms with Gasteiger partial charge in [-0.2, -0.15) is 0 Å². The Balaban J connectivity index is 1.64. The van der Waals surface area contributed by atoms with Gasteiger partial charge in [0.15, 0.2) is 5.78 Å². The molecular formula is C28H31N3O3Si. The number of carbonyl (C=O) groups is 2. The molecule has 1 N–H and O–H groups in total.